The fourth-order valence-electron chi connectivity index (χ4n) is 3.68. The number of hydrogen-bond acceptors (Lipinski definition) is 5. The summed E-state index contributed by atoms with van der Waals surface area (Å²) in [6, 6.07) is 18.7. The van der Waals surface area contributed by atoms with Gasteiger partial charge in [0.1, 0.15) is 24.2 Å². The summed E-state index contributed by atoms with van der Waals surface area (Å²) < 4.78 is 13.2. The van der Waals surface area contributed by atoms with Crippen LogP contribution in [-0.4, -0.2) is 22.2 Å². The summed E-state index contributed by atoms with van der Waals surface area (Å²) in [5.41, 5.74) is 1.71. The van der Waals surface area contributed by atoms with Crippen LogP contribution in [0.4, 0.5) is 0 Å². The molecule has 0 bridgehead atoms. The second-order valence-corrected chi connectivity index (χ2v) is 6.87. The first-order valence-electron chi connectivity index (χ1n) is 9.57. The summed E-state index contributed by atoms with van der Waals surface area (Å²) in [5.74, 6) is 0.0279. The first kappa shape index (κ1) is 19.3. The third-order valence-corrected chi connectivity index (χ3v) is 5.15. The molecular formula is C24H20N2O4. The van der Waals surface area contributed by atoms with Crippen LogP contribution in [0.1, 0.15) is 28.5 Å². The molecule has 0 atom stereocenters. The minimum atomic E-state index is -0.497. The number of fused-ring (bicyclic) bond motifs is 2. The molecule has 30 heavy (non-hydrogen) atoms. The van der Waals surface area contributed by atoms with Crippen molar-refractivity contribution in [2.75, 3.05) is 6.61 Å². The number of phenolic OH excluding ortho intramolecular Hbond substituents is 1. The van der Waals surface area contributed by atoms with Gasteiger partial charge in [0.25, 0.3) is 0 Å². The van der Waals surface area contributed by atoms with Crippen LogP contribution < -0.4 is 4.74 Å². The maximum Gasteiger partial charge on any atom is 0.340 e. The molecule has 0 unspecified atom stereocenters. The lowest BCUT2D eigenvalue weighted by Crippen LogP contribution is -2.11. The van der Waals surface area contributed by atoms with Crippen LogP contribution in [0.2, 0.25) is 0 Å². The van der Waals surface area contributed by atoms with Crippen LogP contribution in [0.15, 0.2) is 54.6 Å². The highest BCUT2D eigenvalue weighted by molar-refractivity contribution is 6.06. The van der Waals surface area contributed by atoms with Crippen molar-refractivity contribution < 1.29 is 19.4 Å². The van der Waals surface area contributed by atoms with E-state index >= 15 is 0 Å². The number of nitrogens with zero attached hydrogens (tertiary/aromatic N) is 2. The summed E-state index contributed by atoms with van der Waals surface area (Å²) in [6.07, 6.45) is 0. The van der Waals surface area contributed by atoms with E-state index in [1.54, 1.807) is 24.6 Å². The Labute approximate surface area is 173 Å². The molecule has 0 fully saturated rings. The van der Waals surface area contributed by atoms with E-state index in [1.165, 1.54) is 6.07 Å². The summed E-state index contributed by atoms with van der Waals surface area (Å²) >= 11 is 0. The Bertz CT molecular complexity index is 1310. The third kappa shape index (κ3) is 3.20. The van der Waals surface area contributed by atoms with Crippen LogP contribution in [0, 0.1) is 11.3 Å². The first-order chi connectivity index (χ1) is 14.5. The van der Waals surface area contributed by atoms with Gasteiger partial charge in [0.2, 0.25) is 0 Å². The molecule has 1 heterocycles. The fraction of sp³-hybridized carbons (Fsp3) is 0.167. The molecule has 6 nitrogen and oxygen atoms in total. The monoisotopic (exact) mass is 400 g/mol. The van der Waals surface area contributed by atoms with Gasteiger partial charge in [0.15, 0.2) is 0 Å². The number of benzene rings is 3. The van der Waals surface area contributed by atoms with Gasteiger partial charge in [-0.2, -0.15) is 5.26 Å². The minimum Gasteiger partial charge on any atom is -0.507 e. The maximum atomic E-state index is 12.7. The summed E-state index contributed by atoms with van der Waals surface area (Å²) in [5, 5.41) is 22.0. The molecule has 1 aromatic heterocycles. The molecule has 0 aliphatic carbocycles. The Balaban J connectivity index is 1.83. The standard InChI is InChI=1S/C24H20N2O4/c1-3-29-24(28)23-18-12-21(27)16(13-25)11-19(18)26(2)20(23)14-30-22-10-6-8-15-7-4-5-9-17(15)22/h4-12,27H,3,14H2,1-2H3. The quantitative estimate of drug-likeness (QED) is 0.492. The fourth-order valence-corrected chi connectivity index (χ4v) is 3.68. The zero-order valence-corrected chi connectivity index (χ0v) is 16.7. The van der Waals surface area contributed by atoms with Crippen molar-refractivity contribution in [3.8, 4) is 17.6 Å². The smallest absolute Gasteiger partial charge is 0.340 e. The van der Waals surface area contributed by atoms with Crippen LogP contribution in [-0.2, 0) is 18.4 Å². The number of ether oxygens (including phenoxy) is 2. The van der Waals surface area contributed by atoms with Crippen molar-refractivity contribution in [3.05, 3.63) is 71.4 Å². The number of carbonyl (C=O) groups is 1. The Morgan fingerprint density at radius 3 is 2.67 bits per heavy atom. The highest BCUT2D eigenvalue weighted by atomic mass is 16.5. The molecule has 0 aliphatic heterocycles. The number of esters is 1. The molecule has 6 heteroatoms. The predicted molar refractivity (Wildman–Crippen MR) is 114 cm³/mol. The van der Waals surface area contributed by atoms with Crippen LogP contribution in [0.5, 0.6) is 11.5 Å². The number of carbonyl (C=O) groups excluding carboxylic acids is 1. The van der Waals surface area contributed by atoms with Crippen molar-refractivity contribution in [2.45, 2.75) is 13.5 Å². The van der Waals surface area contributed by atoms with E-state index in [0.717, 1.165) is 10.8 Å². The van der Waals surface area contributed by atoms with Gasteiger partial charge in [0, 0.05) is 17.8 Å². The average Bonchev–Trinajstić information content (AvgIpc) is 3.02. The SMILES string of the molecule is CCOC(=O)c1c(COc2cccc3ccccc23)n(C)c2cc(C#N)c(O)cc12. The predicted octanol–water partition coefficient (Wildman–Crippen LogP) is 4.66. The number of hydrogen-bond donors (Lipinski definition) is 1. The molecule has 4 aromatic rings. The van der Waals surface area contributed by atoms with Gasteiger partial charge in [-0.3, -0.25) is 0 Å². The molecule has 4 rings (SSSR count). The second kappa shape index (κ2) is 7.80. The van der Waals surface area contributed by atoms with Gasteiger partial charge < -0.3 is 19.1 Å². The number of phenols is 1. The van der Waals surface area contributed by atoms with Gasteiger partial charge in [-0.05, 0) is 30.5 Å². The molecule has 1 N–H and O–H groups in total. The number of aryl methyl sites for hydroxylation is 1. The molecule has 0 saturated heterocycles. The number of aromatic nitrogens is 1. The molecule has 0 saturated carbocycles. The topological polar surface area (TPSA) is 84.5 Å². The van der Waals surface area contributed by atoms with Gasteiger partial charge >= 0.3 is 5.97 Å². The largest absolute Gasteiger partial charge is 0.507 e. The Kier molecular flexibility index (Phi) is 5.03. The third-order valence-electron chi connectivity index (χ3n) is 5.15. The molecule has 0 radical (unpaired) electrons. The van der Waals surface area contributed by atoms with Crippen molar-refractivity contribution in [3.63, 3.8) is 0 Å². The molecule has 150 valence electrons. The van der Waals surface area contributed by atoms with E-state index in [-0.39, 0.29) is 24.5 Å². The number of rotatable bonds is 5. The van der Waals surface area contributed by atoms with E-state index in [0.29, 0.717) is 27.9 Å². The average molecular weight is 400 g/mol. The summed E-state index contributed by atoms with van der Waals surface area (Å²) in [7, 11) is 1.80. The van der Waals surface area contributed by atoms with Gasteiger partial charge in [-0.25, -0.2) is 4.79 Å². The van der Waals surface area contributed by atoms with Crippen molar-refractivity contribution in [1.82, 2.24) is 4.57 Å². The van der Waals surface area contributed by atoms with Crippen LogP contribution in [0.25, 0.3) is 21.7 Å². The Hall–Kier alpha value is -3.98. The zero-order valence-electron chi connectivity index (χ0n) is 16.7. The summed E-state index contributed by atoms with van der Waals surface area (Å²) in [4.78, 5) is 12.7. The van der Waals surface area contributed by atoms with E-state index in [4.69, 9.17) is 9.47 Å². The molecule has 0 amide bonds. The Morgan fingerprint density at radius 2 is 1.90 bits per heavy atom. The maximum absolute atomic E-state index is 12.7. The number of nitriles is 1. The van der Waals surface area contributed by atoms with Gasteiger partial charge in [-0.15, -0.1) is 0 Å². The molecule has 0 spiro atoms. The first-order valence-corrected chi connectivity index (χ1v) is 9.57. The summed E-state index contributed by atoms with van der Waals surface area (Å²) in [6.45, 7) is 2.08. The van der Waals surface area contributed by atoms with Crippen molar-refractivity contribution in [2.24, 2.45) is 7.05 Å². The van der Waals surface area contributed by atoms with E-state index < -0.39 is 5.97 Å². The second-order valence-electron chi connectivity index (χ2n) is 6.87. The number of aromatic hydroxyl groups is 1. The van der Waals surface area contributed by atoms with Crippen molar-refractivity contribution in [1.29, 1.82) is 5.26 Å². The van der Waals surface area contributed by atoms with Gasteiger partial charge in [-0.1, -0.05) is 36.4 Å². The lowest BCUT2D eigenvalue weighted by molar-refractivity contribution is 0.0525. The van der Waals surface area contributed by atoms with Gasteiger partial charge in [0.05, 0.1) is 28.9 Å². The Morgan fingerprint density at radius 1 is 1.13 bits per heavy atom. The van der Waals surface area contributed by atoms with E-state index in [1.807, 2.05) is 48.5 Å². The lowest BCUT2D eigenvalue weighted by atomic mass is 10.1. The van der Waals surface area contributed by atoms with Crippen LogP contribution in [0.3, 0.4) is 0 Å². The molecule has 0 aliphatic rings. The lowest BCUT2D eigenvalue weighted by Gasteiger charge is -2.12. The van der Waals surface area contributed by atoms with E-state index in [2.05, 4.69) is 0 Å². The van der Waals surface area contributed by atoms with Crippen molar-refractivity contribution >= 4 is 27.6 Å². The molecular weight excluding hydrogens is 380 g/mol. The minimum absolute atomic E-state index is 0.121. The normalized spacial score (nSPS) is 10.8. The zero-order chi connectivity index (χ0) is 21.3. The van der Waals surface area contributed by atoms with E-state index in [9.17, 15) is 15.2 Å². The highest BCUT2D eigenvalue weighted by Gasteiger charge is 2.24. The van der Waals surface area contributed by atoms with Crippen LogP contribution >= 0.6 is 0 Å². The molecule has 3 aromatic carbocycles. The highest BCUT2D eigenvalue weighted by Crippen LogP contribution is 2.33.